The summed E-state index contributed by atoms with van der Waals surface area (Å²) in [6, 6.07) is 8.53. The molecule has 1 saturated heterocycles. The summed E-state index contributed by atoms with van der Waals surface area (Å²) < 4.78 is 5.57. The van der Waals surface area contributed by atoms with E-state index < -0.39 is 0 Å². The van der Waals surface area contributed by atoms with Crippen LogP contribution in [0.4, 0.5) is 5.82 Å². The largest absolute Gasteiger partial charge is 0.378 e. The fourth-order valence-electron chi connectivity index (χ4n) is 4.35. The minimum atomic E-state index is -0.0153. The zero-order chi connectivity index (χ0) is 22.0. The van der Waals surface area contributed by atoms with E-state index >= 15 is 0 Å². The number of carbonyl (C=O) groups excluding carboxylic acids is 1. The molecule has 3 heterocycles. The lowest BCUT2D eigenvalue weighted by atomic mass is 9.91. The first-order valence-electron chi connectivity index (χ1n) is 11.3. The Kier molecular flexibility index (Phi) is 6.28. The van der Waals surface area contributed by atoms with Gasteiger partial charge in [0.25, 0.3) is 0 Å². The predicted octanol–water partition coefficient (Wildman–Crippen LogP) is 3.53. The van der Waals surface area contributed by atoms with Gasteiger partial charge in [0.15, 0.2) is 0 Å². The predicted molar refractivity (Wildman–Crippen MR) is 122 cm³/mol. The average Bonchev–Trinajstić information content (AvgIpc) is 2.72. The second kappa shape index (κ2) is 8.95. The number of fused-ring (bicyclic) bond motifs is 1. The van der Waals surface area contributed by atoms with Gasteiger partial charge in [0.1, 0.15) is 11.6 Å². The summed E-state index contributed by atoms with van der Waals surface area (Å²) in [5.41, 5.74) is 4.67. The minimum absolute atomic E-state index is 0.0153. The number of anilines is 1. The van der Waals surface area contributed by atoms with Crippen molar-refractivity contribution in [3.63, 3.8) is 0 Å². The molecule has 0 saturated carbocycles. The third-order valence-corrected chi connectivity index (χ3v) is 5.87. The Morgan fingerprint density at radius 3 is 2.61 bits per heavy atom. The van der Waals surface area contributed by atoms with Gasteiger partial charge in [-0.25, -0.2) is 9.97 Å². The Hall–Kier alpha value is -2.47. The highest BCUT2D eigenvalue weighted by Crippen LogP contribution is 2.30. The van der Waals surface area contributed by atoms with E-state index in [1.54, 1.807) is 0 Å². The van der Waals surface area contributed by atoms with Crippen molar-refractivity contribution < 1.29 is 9.53 Å². The van der Waals surface area contributed by atoms with Crippen molar-refractivity contribution in [3.05, 3.63) is 52.5 Å². The molecule has 0 N–H and O–H groups in total. The van der Waals surface area contributed by atoms with Gasteiger partial charge >= 0.3 is 0 Å². The van der Waals surface area contributed by atoms with Crippen LogP contribution in [-0.4, -0.2) is 53.6 Å². The van der Waals surface area contributed by atoms with Gasteiger partial charge in [-0.1, -0.05) is 50.6 Å². The Bertz CT molecular complexity index is 945. The van der Waals surface area contributed by atoms with Gasteiger partial charge < -0.3 is 14.5 Å². The van der Waals surface area contributed by atoms with Crippen LogP contribution < -0.4 is 4.90 Å². The number of ether oxygens (including phenoxy) is 1. The van der Waals surface area contributed by atoms with Crippen LogP contribution in [0.3, 0.4) is 0 Å². The third kappa shape index (κ3) is 5.42. The van der Waals surface area contributed by atoms with Crippen molar-refractivity contribution in [3.8, 4) is 0 Å². The van der Waals surface area contributed by atoms with Gasteiger partial charge in [0.2, 0.25) is 5.91 Å². The molecule has 0 unspecified atom stereocenters. The van der Waals surface area contributed by atoms with Gasteiger partial charge in [-0.2, -0.15) is 0 Å². The van der Waals surface area contributed by atoms with Crippen molar-refractivity contribution in [2.75, 3.05) is 37.7 Å². The maximum Gasteiger partial charge on any atom is 0.223 e. The monoisotopic (exact) mass is 422 g/mol. The number of morpholine rings is 1. The number of hydrogen-bond donors (Lipinski definition) is 0. The highest BCUT2D eigenvalue weighted by Gasteiger charge is 2.29. The number of nitrogens with zero attached hydrogens (tertiary/aromatic N) is 4. The van der Waals surface area contributed by atoms with Crippen LogP contribution in [0.1, 0.15) is 55.4 Å². The molecule has 2 aliphatic rings. The van der Waals surface area contributed by atoms with Crippen molar-refractivity contribution in [2.24, 2.45) is 5.41 Å². The molecule has 0 bridgehead atoms. The molecule has 1 fully saturated rings. The molecule has 2 aliphatic heterocycles. The molecule has 6 nitrogen and oxygen atoms in total. The lowest BCUT2D eigenvalue weighted by Crippen LogP contribution is -2.42. The normalized spacial score (nSPS) is 16.9. The first-order valence-corrected chi connectivity index (χ1v) is 11.3. The number of benzene rings is 1. The van der Waals surface area contributed by atoms with E-state index in [4.69, 9.17) is 14.7 Å². The summed E-state index contributed by atoms with van der Waals surface area (Å²) in [6.07, 6.45) is 2.06. The van der Waals surface area contributed by atoms with Crippen LogP contribution in [0.5, 0.6) is 0 Å². The van der Waals surface area contributed by atoms with E-state index in [1.807, 2.05) is 4.90 Å². The van der Waals surface area contributed by atoms with Gasteiger partial charge in [-0.15, -0.1) is 0 Å². The summed E-state index contributed by atoms with van der Waals surface area (Å²) in [4.78, 5) is 27.2. The van der Waals surface area contributed by atoms with Crippen molar-refractivity contribution >= 4 is 11.7 Å². The van der Waals surface area contributed by atoms with Gasteiger partial charge in [0, 0.05) is 44.5 Å². The molecule has 0 spiro atoms. The Labute approximate surface area is 185 Å². The number of carbonyl (C=O) groups is 1. The Morgan fingerprint density at radius 1 is 1.13 bits per heavy atom. The molecule has 1 amide bonds. The molecule has 0 aliphatic carbocycles. The summed E-state index contributed by atoms with van der Waals surface area (Å²) in [5.74, 6) is 2.07. The summed E-state index contributed by atoms with van der Waals surface area (Å²) in [5, 5.41) is 0. The smallest absolute Gasteiger partial charge is 0.223 e. The summed E-state index contributed by atoms with van der Waals surface area (Å²) >= 11 is 0. The second-order valence-corrected chi connectivity index (χ2v) is 9.96. The third-order valence-electron chi connectivity index (χ3n) is 5.87. The summed E-state index contributed by atoms with van der Waals surface area (Å²) in [6.45, 7) is 12.8. The fraction of sp³-hybridized carbons (Fsp3) is 0.560. The van der Waals surface area contributed by atoms with Crippen molar-refractivity contribution in [2.45, 2.75) is 53.5 Å². The SMILES string of the molecule is Cc1cccc(Cc2nc3c(c(N4CCOCC4)n2)CN(C(=O)CC(C)(C)C)CC3)c1. The first kappa shape index (κ1) is 21.8. The zero-order valence-corrected chi connectivity index (χ0v) is 19.3. The van der Waals surface area contributed by atoms with Crippen molar-refractivity contribution in [1.29, 1.82) is 0 Å². The van der Waals surface area contributed by atoms with Gasteiger partial charge in [0.05, 0.1) is 25.5 Å². The molecule has 166 valence electrons. The minimum Gasteiger partial charge on any atom is -0.378 e. The lowest BCUT2D eigenvalue weighted by molar-refractivity contribution is -0.134. The van der Waals surface area contributed by atoms with Crippen LogP contribution in [-0.2, 0) is 28.9 Å². The van der Waals surface area contributed by atoms with Crippen molar-refractivity contribution in [1.82, 2.24) is 14.9 Å². The molecule has 0 radical (unpaired) electrons. The Morgan fingerprint density at radius 2 is 1.90 bits per heavy atom. The molecule has 2 aromatic rings. The molecule has 6 heteroatoms. The first-order chi connectivity index (χ1) is 14.8. The van der Waals surface area contributed by atoms with Gasteiger partial charge in [-0.05, 0) is 17.9 Å². The number of aryl methyl sites for hydroxylation is 1. The Balaban J connectivity index is 1.64. The van der Waals surface area contributed by atoms with E-state index in [9.17, 15) is 4.79 Å². The maximum absolute atomic E-state index is 12.9. The standard InChI is InChI=1S/C25H34N4O2/c1-18-6-5-7-19(14-18)15-22-26-21-8-9-29(23(30)16-25(2,3)4)17-20(21)24(27-22)28-10-12-31-13-11-28/h5-7,14H,8-13,15-17H2,1-4H3. The molecule has 4 rings (SSSR count). The van der Waals surface area contributed by atoms with Crippen LogP contribution in [0, 0.1) is 12.3 Å². The average molecular weight is 423 g/mol. The lowest BCUT2D eigenvalue weighted by Gasteiger charge is -2.35. The zero-order valence-electron chi connectivity index (χ0n) is 19.3. The van der Waals surface area contributed by atoms with E-state index in [1.165, 1.54) is 11.1 Å². The number of amides is 1. The molecule has 31 heavy (non-hydrogen) atoms. The maximum atomic E-state index is 12.9. The van der Waals surface area contributed by atoms with Crippen LogP contribution in [0.15, 0.2) is 24.3 Å². The second-order valence-electron chi connectivity index (χ2n) is 9.96. The topological polar surface area (TPSA) is 58.6 Å². The van der Waals surface area contributed by atoms with Crippen LogP contribution >= 0.6 is 0 Å². The quantitative estimate of drug-likeness (QED) is 0.754. The van der Waals surface area contributed by atoms with Crippen LogP contribution in [0.25, 0.3) is 0 Å². The molecular weight excluding hydrogens is 388 g/mol. The number of rotatable bonds is 4. The highest BCUT2D eigenvalue weighted by atomic mass is 16.5. The van der Waals surface area contributed by atoms with Crippen LogP contribution in [0.2, 0.25) is 0 Å². The summed E-state index contributed by atoms with van der Waals surface area (Å²) in [7, 11) is 0. The van der Waals surface area contributed by atoms with E-state index in [0.29, 0.717) is 26.2 Å². The molecule has 1 aromatic heterocycles. The van der Waals surface area contributed by atoms with E-state index in [0.717, 1.165) is 55.4 Å². The molecule has 0 atom stereocenters. The highest BCUT2D eigenvalue weighted by molar-refractivity contribution is 5.77. The number of aromatic nitrogens is 2. The molecule has 1 aromatic carbocycles. The molecular formula is C25H34N4O2. The van der Waals surface area contributed by atoms with E-state index in [-0.39, 0.29) is 11.3 Å². The fourth-order valence-corrected chi connectivity index (χ4v) is 4.35. The number of hydrogen-bond acceptors (Lipinski definition) is 5. The van der Waals surface area contributed by atoms with E-state index in [2.05, 4.69) is 56.9 Å². The van der Waals surface area contributed by atoms with Gasteiger partial charge in [-0.3, -0.25) is 4.79 Å².